The predicted octanol–water partition coefficient (Wildman–Crippen LogP) is -1.94. The van der Waals surface area contributed by atoms with Crippen LogP contribution in [-0.4, -0.2) is 55.6 Å². The molecule has 5 nitrogen and oxygen atoms in total. The van der Waals surface area contributed by atoms with E-state index in [9.17, 15) is 4.79 Å². The van der Waals surface area contributed by atoms with Crippen molar-refractivity contribution in [3.63, 3.8) is 0 Å². The summed E-state index contributed by atoms with van der Waals surface area (Å²) in [6.07, 6.45) is -3.84. The van der Waals surface area contributed by atoms with Gasteiger partial charge < -0.3 is 25.2 Å². The first kappa shape index (κ1) is 12.2. The molecule has 0 aliphatic carbocycles. The summed E-state index contributed by atoms with van der Waals surface area (Å²) in [4.78, 5) is 10.0. The third-order valence-electron chi connectivity index (χ3n) is 1.37. The van der Waals surface area contributed by atoms with Crippen LogP contribution in [0.25, 0.3) is 0 Å². The van der Waals surface area contributed by atoms with Crippen molar-refractivity contribution in [2.75, 3.05) is 6.61 Å². The van der Waals surface area contributed by atoms with Gasteiger partial charge in [-0.15, -0.1) is 0 Å². The first-order valence-corrected chi connectivity index (χ1v) is 4.53. The molecule has 4 N–H and O–H groups in total. The summed E-state index contributed by atoms with van der Waals surface area (Å²) >= 11 is 1.65. The van der Waals surface area contributed by atoms with Crippen LogP contribution in [-0.2, 0) is 4.79 Å². The maximum Gasteiger partial charge on any atom is 0.151 e. The lowest BCUT2D eigenvalue weighted by molar-refractivity contribution is -0.120. The van der Waals surface area contributed by atoms with Crippen molar-refractivity contribution in [2.24, 2.45) is 0 Å². The Hall–Kier alpha value is 0.240. The molecule has 0 radical (unpaired) electrons. The van der Waals surface area contributed by atoms with Crippen molar-refractivity contribution >= 4 is 28.9 Å². The van der Waals surface area contributed by atoms with Crippen LogP contribution in [0.15, 0.2) is 0 Å². The lowest BCUT2D eigenvalue weighted by atomic mass is 10.1. The highest BCUT2D eigenvalue weighted by molar-refractivity contribution is 14.1. The number of carbonyl (C=O) groups is 1. The van der Waals surface area contributed by atoms with Crippen LogP contribution in [0.1, 0.15) is 0 Å². The van der Waals surface area contributed by atoms with Crippen molar-refractivity contribution in [2.45, 2.75) is 22.2 Å². The summed E-state index contributed by atoms with van der Waals surface area (Å²) in [5, 5.41) is 35.4. The molecule has 4 atom stereocenters. The van der Waals surface area contributed by atoms with Crippen LogP contribution in [0.4, 0.5) is 0 Å². The molecule has 6 heteroatoms. The van der Waals surface area contributed by atoms with E-state index in [2.05, 4.69) is 0 Å². The lowest BCUT2D eigenvalue weighted by Gasteiger charge is -2.22. The van der Waals surface area contributed by atoms with Gasteiger partial charge in [0.15, 0.2) is 6.29 Å². The second kappa shape index (κ2) is 5.81. The number of hydrogen-bond acceptors (Lipinski definition) is 5. The summed E-state index contributed by atoms with van der Waals surface area (Å²) in [5.41, 5.74) is 0. The first-order chi connectivity index (χ1) is 5.54. The van der Waals surface area contributed by atoms with Gasteiger partial charge >= 0.3 is 0 Å². The van der Waals surface area contributed by atoms with E-state index in [1.165, 1.54) is 0 Å². The Morgan fingerprint density at radius 2 is 1.83 bits per heavy atom. The normalized spacial score (nSPS) is 21.1. The molecule has 0 aromatic carbocycles. The zero-order valence-electron chi connectivity index (χ0n) is 6.17. The molecule has 0 aliphatic heterocycles. The fraction of sp³-hybridized carbons (Fsp3) is 0.833. The number of aliphatic hydroxyl groups excluding tert-OH is 4. The van der Waals surface area contributed by atoms with Gasteiger partial charge in [-0.1, -0.05) is 22.6 Å². The molecule has 0 aromatic heterocycles. The molecule has 0 aromatic rings. The van der Waals surface area contributed by atoms with Gasteiger partial charge in [0.2, 0.25) is 0 Å². The van der Waals surface area contributed by atoms with Crippen molar-refractivity contribution in [1.82, 2.24) is 0 Å². The molecule has 0 aliphatic rings. The van der Waals surface area contributed by atoms with E-state index >= 15 is 0 Å². The van der Waals surface area contributed by atoms with Crippen LogP contribution >= 0.6 is 22.6 Å². The Morgan fingerprint density at radius 1 is 1.33 bits per heavy atom. The molecule has 0 spiro atoms. The number of aldehydes is 1. The summed E-state index contributed by atoms with van der Waals surface area (Å²) in [6, 6.07) is 0. The number of aliphatic hydroxyl groups is 4. The maximum atomic E-state index is 10.0. The molecule has 0 amide bonds. The summed E-state index contributed by atoms with van der Waals surface area (Å²) in [7, 11) is 0. The number of carbonyl (C=O) groups excluding carboxylic acids is 1. The fourth-order valence-electron chi connectivity index (χ4n) is 0.597. The molecular formula is C6H11IO5. The van der Waals surface area contributed by atoms with Crippen molar-refractivity contribution < 1.29 is 25.2 Å². The highest BCUT2D eigenvalue weighted by Crippen LogP contribution is 2.13. The van der Waals surface area contributed by atoms with Crippen molar-refractivity contribution in [3.8, 4) is 0 Å². The summed E-state index contributed by atoms with van der Waals surface area (Å²) in [5.74, 6) is 0. The van der Waals surface area contributed by atoms with Gasteiger partial charge in [-0.2, -0.15) is 0 Å². The SMILES string of the molecule is O=C[C@@H](O)[C@@H](O)[C@H]([123I])[C@H](O)CO. The Balaban J connectivity index is 4.07. The summed E-state index contributed by atoms with van der Waals surface area (Å²) < 4.78 is -0.771. The van der Waals surface area contributed by atoms with Gasteiger partial charge in [0.1, 0.15) is 12.2 Å². The third-order valence-corrected chi connectivity index (χ3v) is 2.94. The van der Waals surface area contributed by atoms with Crippen LogP contribution in [0.2, 0.25) is 0 Å². The van der Waals surface area contributed by atoms with E-state index in [0.29, 0.717) is 0 Å². The fourth-order valence-corrected chi connectivity index (χ4v) is 1.25. The number of halogens is 1. The number of rotatable bonds is 5. The summed E-state index contributed by atoms with van der Waals surface area (Å²) in [6.45, 7) is -0.518. The van der Waals surface area contributed by atoms with Gasteiger partial charge in [0, 0.05) is 0 Å². The average molecular weight is 286 g/mol. The topological polar surface area (TPSA) is 98.0 Å². The second-order valence-corrected chi connectivity index (χ2v) is 3.75. The predicted molar refractivity (Wildman–Crippen MR) is 49.0 cm³/mol. The highest BCUT2D eigenvalue weighted by atomic mass is 123. The van der Waals surface area contributed by atoms with Gasteiger partial charge in [-0.3, -0.25) is 0 Å². The Kier molecular flexibility index (Phi) is 5.93. The van der Waals surface area contributed by atoms with E-state index in [1.54, 1.807) is 22.6 Å². The molecule has 12 heavy (non-hydrogen) atoms. The maximum absolute atomic E-state index is 10.0. The lowest BCUT2D eigenvalue weighted by Crippen LogP contribution is -2.42. The Bertz CT molecular complexity index is 142. The van der Waals surface area contributed by atoms with Crippen LogP contribution in [0.3, 0.4) is 0 Å². The van der Waals surface area contributed by atoms with Gasteiger partial charge in [-0.05, 0) is 0 Å². The average Bonchev–Trinajstić information content (AvgIpc) is 2.12. The van der Waals surface area contributed by atoms with E-state index in [-0.39, 0.29) is 6.29 Å². The van der Waals surface area contributed by atoms with Crippen LogP contribution in [0.5, 0.6) is 0 Å². The largest absolute Gasteiger partial charge is 0.394 e. The standard InChI is InChI=1S/C6H11IO5/c7-5(3(10)1-8)6(12)4(11)2-9/h2-6,8,10-12H,1H2/t3-,4-,5-,6-/m1/s1/i7-4. The van der Waals surface area contributed by atoms with Crippen LogP contribution in [0, 0.1) is 0 Å². The van der Waals surface area contributed by atoms with Gasteiger partial charge in [-0.25, -0.2) is 0 Å². The quantitative estimate of drug-likeness (QED) is 0.268. The van der Waals surface area contributed by atoms with Gasteiger partial charge in [0.05, 0.1) is 16.6 Å². The minimum absolute atomic E-state index is 0.181. The zero-order chi connectivity index (χ0) is 9.72. The Morgan fingerprint density at radius 3 is 2.17 bits per heavy atom. The van der Waals surface area contributed by atoms with E-state index in [1.807, 2.05) is 0 Å². The monoisotopic (exact) mass is 286 g/mol. The smallest absolute Gasteiger partial charge is 0.151 e. The van der Waals surface area contributed by atoms with E-state index in [4.69, 9.17) is 20.4 Å². The highest BCUT2D eigenvalue weighted by Gasteiger charge is 2.28. The Labute approximate surface area is 83.2 Å². The molecule has 0 bridgehead atoms. The molecule has 0 rings (SSSR count). The molecular weight excluding hydrogens is 275 g/mol. The second-order valence-electron chi connectivity index (χ2n) is 2.31. The molecule has 0 saturated heterocycles. The minimum Gasteiger partial charge on any atom is -0.394 e. The van der Waals surface area contributed by atoms with Crippen molar-refractivity contribution in [3.05, 3.63) is 0 Å². The third kappa shape index (κ3) is 3.31. The minimum atomic E-state index is -1.52. The zero-order valence-corrected chi connectivity index (χ0v) is 8.33. The molecule has 0 saturated carbocycles. The number of hydrogen-bond donors (Lipinski definition) is 4. The van der Waals surface area contributed by atoms with Crippen LogP contribution < -0.4 is 0 Å². The van der Waals surface area contributed by atoms with E-state index < -0.39 is 28.8 Å². The molecule has 0 unspecified atom stereocenters. The molecule has 72 valence electrons. The van der Waals surface area contributed by atoms with Crippen molar-refractivity contribution in [1.29, 1.82) is 0 Å². The number of alkyl halides is 1. The van der Waals surface area contributed by atoms with E-state index in [0.717, 1.165) is 0 Å². The molecule has 0 heterocycles. The molecule has 0 fully saturated rings. The van der Waals surface area contributed by atoms with Gasteiger partial charge in [0.25, 0.3) is 0 Å². The first-order valence-electron chi connectivity index (χ1n) is 3.29.